The molecule has 3 heterocycles. The van der Waals surface area contributed by atoms with Crippen molar-refractivity contribution in [2.45, 2.75) is 61.9 Å². The Balaban J connectivity index is 0.920. The number of piperazine rings is 1. The van der Waals surface area contributed by atoms with Crippen molar-refractivity contribution in [3.05, 3.63) is 91.0 Å². The highest BCUT2D eigenvalue weighted by Crippen LogP contribution is 2.49. The van der Waals surface area contributed by atoms with Gasteiger partial charge in [0.25, 0.3) is 9.84 Å². The number of ether oxygens (including phenoxy) is 3. The van der Waals surface area contributed by atoms with Crippen LogP contribution in [-0.2, 0) is 35.4 Å². The summed E-state index contributed by atoms with van der Waals surface area (Å²) in [7, 11) is -4.25. The van der Waals surface area contributed by atoms with E-state index >= 15 is 0 Å². The summed E-state index contributed by atoms with van der Waals surface area (Å²) >= 11 is 0. The number of aromatic nitrogens is 4. The van der Waals surface area contributed by atoms with Crippen LogP contribution >= 0.6 is 0 Å². The molecule has 2 aliphatic rings. The third-order valence-electron chi connectivity index (χ3n) is 10.7. The first kappa shape index (κ1) is 42.9. The lowest BCUT2D eigenvalue weighted by atomic mass is 9.61. The Bertz CT molecular complexity index is 2010. The summed E-state index contributed by atoms with van der Waals surface area (Å²) in [6.07, 6.45) is 9.42. The fourth-order valence-corrected chi connectivity index (χ4v) is 8.55. The van der Waals surface area contributed by atoms with Crippen LogP contribution in [0.3, 0.4) is 0 Å². The average molecular weight is 805 g/mol. The molecule has 3 atom stereocenters. The van der Waals surface area contributed by atoms with Gasteiger partial charge in [-0.05, 0) is 66.0 Å². The first-order valence-electron chi connectivity index (χ1n) is 19.1. The van der Waals surface area contributed by atoms with Crippen LogP contribution in [0.5, 0.6) is 5.88 Å². The van der Waals surface area contributed by atoms with Crippen LogP contribution < -0.4 is 9.64 Å². The molecule has 57 heavy (non-hydrogen) atoms. The second-order valence-electron chi connectivity index (χ2n) is 14.6. The lowest BCUT2D eigenvalue weighted by Gasteiger charge is -2.45. The number of hydrogen-bond acceptors (Lipinski definition) is 13. The quantitative estimate of drug-likeness (QED) is 0.0737. The molecule has 3 aromatic rings. The van der Waals surface area contributed by atoms with Crippen molar-refractivity contribution < 1.29 is 41.7 Å². The SMILES string of the molecule is C=C[C@]1(C)CC[C@@H](C(=C)Cn2cccn2)C[C@H]1C(=C)CN1CCN(CCOC(=O)CCCC(=O)OCC#CCOc2no[n+]([O-])c2S(=O)(=O)c2ccccc2)CC1. The molecule has 0 spiro atoms. The number of nitrogens with zero attached hydrogens (tertiary/aromatic N) is 6. The summed E-state index contributed by atoms with van der Waals surface area (Å²) < 4.78 is 47.7. The zero-order valence-electron chi connectivity index (χ0n) is 32.6. The summed E-state index contributed by atoms with van der Waals surface area (Å²) in [5.74, 6) is 4.41. The zero-order valence-corrected chi connectivity index (χ0v) is 33.4. The molecule has 1 saturated heterocycles. The first-order chi connectivity index (χ1) is 27.4. The van der Waals surface area contributed by atoms with E-state index in [2.05, 4.69) is 69.3 Å². The number of carbonyl (C=O) groups excluding carboxylic acids is 2. The Morgan fingerprint density at radius 1 is 1.02 bits per heavy atom. The molecule has 0 bridgehead atoms. The van der Waals surface area contributed by atoms with Gasteiger partial charge in [0, 0.05) is 64.5 Å². The molecule has 0 unspecified atom stereocenters. The molecular weight excluding hydrogens is 753 g/mol. The van der Waals surface area contributed by atoms with E-state index in [-0.39, 0.29) is 60.3 Å². The van der Waals surface area contributed by atoms with Crippen LogP contribution in [0.25, 0.3) is 0 Å². The van der Waals surface area contributed by atoms with Gasteiger partial charge in [-0.1, -0.05) is 67.3 Å². The number of allylic oxidation sites excluding steroid dienone is 2. The van der Waals surface area contributed by atoms with Crippen molar-refractivity contribution in [1.82, 2.24) is 24.7 Å². The number of esters is 2. The Labute approximate surface area is 334 Å². The standard InChI is InChI=1S/C41H52N6O9S/c1-5-41(4)18-17-34(32(2)31-46-20-12-19-42-46)29-36(41)33(3)30-45-23-21-44(22-24-45)25-28-54-38(49)16-11-15-37(48)53-26-9-10-27-55-39-40(47(50)56-43-39)57(51,52)35-13-7-6-8-14-35/h5-8,12-14,19-20,34,36H,1-3,11,15-18,21-31H2,4H3/t34-,36+,41-/m1/s1. The number of sulfone groups is 1. The van der Waals surface area contributed by atoms with E-state index < -0.39 is 26.7 Å². The third kappa shape index (κ3) is 11.9. The Morgan fingerprint density at radius 3 is 2.42 bits per heavy atom. The molecule has 15 nitrogen and oxygen atoms in total. The van der Waals surface area contributed by atoms with E-state index in [1.54, 1.807) is 12.3 Å². The Kier molecular flexibility index (Phi) is 15.2. The third-order valence-corrected chi connectivity index (χ3v) is 12.4. The molecule has 1 aliphatic heterocycles. The van der Waals surface area contributed by atoms with Gasteiger partial charge in [-0.3, -0.25) is 28.7 Å². The van der Waals surface area contributed by atoms with Crippen molar-refractivity contribution in [2.75, 3.05) is 59.1 Å². The largest absolute Gasteiger partial charge is 0.464 e. The second kappa shape index (κ2) is 20.3. The predicted molar refractivity (Wildman–Crippen MR) is 209 cm³/mol. The maximum atomic E-state index is 12.8. The lowest BCUT2D eigenvalue weighted by molar-refractivity contribution is -0.832. The fraction of sp³-hybridized carbons (Fsp3) is 0.488. The minimum Gasteiger partial charge on any atom is -0.464 e. The van der Waals surface area contributed by atoms with Gasteiger partial charge in [-0.25, -0.2) is 8.42 Å². The van der Waals surface area contributed by atoms with Gasteiger partial charge >= 0.3 is 22.8 Å². The van der Waals surface area contributed by atoms with Crippen LogP contribution in [0.1, 0.15) is 45.4 Å². The van der Waals surface area contributed by atoms with Crippen LogP contribution in [0, 0.1) is 34.3 Å². The van der Waals surface area contributed by atoms with E-state index in [4.69, 9.17) is 14.2 Å². The molecule has 1 saturated carbocycles. The van der Waals surface area contributed by atoms with Gasteiger partial charge in [-0.15, -0.1) is 6.58 Å². The highest BCUT2D eigenvalue weighted by molar-refractivity contribution is 7.91. The predicted octanol–water partition coefficient (Wildman–Crippen LogP) is 4.02. The van der Waals surface area contributed by atoms with Crippen molar-refractivity contribution >= 4 is 21.8 Å². The molecule has 0 amide bonds. The number of hydrogen-bond donors (Lipinski definition) is 0. The Morgan fingerprint density at radius 2 is 1.72 bits per heavy atom. The highest BCUT2D eigenvalue weighted by Gasteiger charge is 2.40. The van der Waals surface area contributed by atoms with Crippen LogP contribution in [-0.4, -0.2) is 104 Å². The van der Waals surface area contributed by atoms with Gasteiger partial charge in [0.05, 0.1) is 16.6 Å². The van der Waals surface area contributed by atoms with Crippen molar-refractivity contribution in [1.29, 1.82) is 0 Å². The molecule has 2 aromatic heterocycles. The molecule has 5 rings (SSSR count). The normalized spacial score (nSPS) is 20.2. The van der Waals surface area contributed by atoms with Crippen molar-refractivity contribution in [3.63, 3.8) is 0 Å². The summed E-state index contributed by atoms with van der Waals surface area (Å²) in [5, 5.41) is 18.9. The maximum Gasteiger partial charge on any atom is 0.415 e. The number of rotatable bonds is 19. The topological polar surface area (TPSA) is 173 Å². The molecule has 0 radical (unpaired) electrons. The molecule has 1 aliphatic carbocycles. The summed E-state index contributed by atoms with van der Waals surface area (Å²) in [5.41, 5.74) is 2.47. The van der Waals surface area contributed by atoms with Gasteiger partial charge in [0.1, 0.15) is 6.61 Å². The minimum absolute atomic E-state index is 0.00758. The number of carbonyl (C=O) groups is 2. The highest BCUT2D eigenvalue weighted by atomic mass is 32.2. The van der Waals surface area contributed by atoms with Gasteiger partial charge in [0.2, 0.25) is 0 Å². The van der Waals surface area contributed by atoms with Gasteiger partial charge in [-0.2, -0.15) is 5.10 Å². The van der Waals surface area contributed by atoms with E-state index in [0.717, 1.165) is 58.5 Å². The Hall–Kier alpha value is -5.24. The first-order valence-corrected chi connectivity index (χ1v) is 20.6. The van der Waals surface area contributed by atoms with Gasteiger partial charge < -0.3 is 19.4 Å². The van der Waals surface area contributed by atoms with Crippen LogP contribution in [0.15, 0.2) is 100 Å². The monoisotopic (exact) mass is 804 g/mol. The van der Waals surface area contributed by atoms with E-state index in [1.807, 2.05) is 16.9 Å². The van der Waals surface area contributed by atoms with Crippen LogP contribution in [0.2, 0.25) is 0 Å². The average Bonchev–Trinajstić information content (AvgIpc) is 3.86. The zero-order chi connectivity index (χ0) is 40.8. The molecule has 1 aromatic carbocycles. The molecule has 306 valence electrons. The lowest BCUT2D eigenvalue weighted by Crippen LogP contribution is -2.48. The molecule has 16 heteroatoms. The summed E-state index contributed by atoms with van der Waals surface area (Å²) in [4.78, 5) is 28.7. The molecule has 0 N–H and O–H groups in total. The second-order valence-corrected chi connectivity index (χ2v) is 16.5. The van der Waals surface area contributed by atoms with E-state index in [1.165, 1.54) is 35.4 Å². The molecular formula is C41H52N6O9S. The summed E-state index contributed by atoms with van der Waals surface area (Å²) in [6, 6.07) is 9.22. The van der Waals surface area contributed by atoms with Crippen LogP contribution in [0.4, 0.5) is 0 Å². The van der Waals surface area contributed by atoms with E-state index in [9.17, 15) is 23.2 Å². The molecule has 2 fully saturated rings. The smallest absolute Gasteiger partial charge is 0.415 e. The van der Waals surface area contributed by atoms with Gasteiger partial charge in [0.15, 0.2) is 13.2 Å². The summed E-state index contributed by atoms with van der Waals surface area (Å²) in [6.45, 7) is 21.0. The fourth-order valence-electron chi connectivity index (χ4n) is 7.25. The van der Waals surface area contributed by atoms with E-state index in [0.29, 0.717) is 18.4 Å². The maximum absolute atomic E-state index is 12.8. The van der Waals surface area contributed by atoms with Crippen molar-refractivity contribution in [3.8, 4) is 17.7 Å². The van der Waals surface area contributed by atoms with Crippen molar-refractivity contribution in [2.24, 2.45) is 17.3 Å². The number of benzene rings is 1. The minimum atomic E-state index is -4.25.